The van der Waals surface area contributed by atoms with Gasteiger partial charge < -0.3 is 9.84 Å². The molecule has 0 aliphatic heterocycles. The van der Waals surface area contributed by atoms with E-state index in [1.165, 1.54) is 25.0 Å². The SMILES string of the molecule is COC1CC1.Oc1cc(F)ccc1Br. The minimum atomic E-state index is -0.435. The number of hydrogen-bond donors (Lipinski definition) is 1. The molecule has 0 unspecified atom stereocenters. The van der Waals surface area contributed by atoms with Crippen molar-refractivity contribution in [1.29, 1.82) is 0 Å². The van der Waals surface area contributed by atoms with E-state index in [1.54, 1.807) is 7.11 Å². The third kappa shape index (κ3) is 4.07. The third-order valence-corrected chi connectivity index (χ3v) is 2.44. The predicted octanol–water partition coefficient (Wildman–Crippen LogP) is 3.09. The molecular formula is C10H12BrFO2. The number of benzene rings is 1. The highest BCUT2D eigenvalue weighted by atomic mass is 79.9. The van der Waals surface area contributed by atoms with Crippen molar-refractivity contribution in [1.82, 2.24) is 0 Å². The van der Waals surface area contributed by atoms with Gasteiger partial charge in [-0.3, -0.25) is 0 Å². The molecule has 1 aliphatic rings. The van der Waals surface area contributed by atoms with Crippen LogP contribution in [-0.2, 0) is 4.74 Å². The first-order valence-corrected chi connectivity index (χ1v) is 5.09. The summed E-state index contributed by atoms with van der Waals surface area (Å²) in [4.78, 5) is 0. The Balaban J connectivity index is 0.000000165. The fraction of sp³-hybridized carbons (Fsp3) is 0.400. The van der Waals surface area contributed by atoms with Crippen molar-refractivity contribution in [2.45, 2.75) is 18.9 Å². The maximum absolute atomic E-state index is 12.2. The number of rotatable bonds is 1. The van der Waals surface area contributed by atoms with E-state index < -0.39 is 5.82 Å². The Kier molecular flexibility index (Phi) is 4.35. The fourth-order valence-electron chi connectivity index (χ4n) is 0.790. The van der Waals surface area contributed by atoms with Gasteiger partial charge in [-0.25, -0.2) is 4.39 Å². The number of methoxy groups -OCH3 is 1. The average molecular weight is 263 g/mol. The Labute approximate surface area is 90.8 Å². The van der Waals surface area contributed by atoms with Gasteiger partial charge in [0.1, 0.15) is 11.6 Å². The van der Waals surface area contributed by atoms with Gasteiger partial charge in [-0.05, 0) is 40.9 Å². The molecule has 0 aromatic heterocycles. The summed E-state index contributed by atoms with van der Waals surface area (Å²) >= 11 is 3.01. The van der Waals surface area contributed by atoms with Crippen molar-refractivity contribution in [3.05, 3.63) is 28.5 Å². The van der Waals surface area contributed by atoms with Gasteiger partial charge in [0, 0.05) is 13.2 Å². The summed E-state index contributed by atoms with van der Waals surface area (Å²) in [7, 11) is 1.76. The minimum absolute atomic E-state index is 0.0741. The van der Waals surface area contributed by atoms with E-state index >= 15 is 0 Å². The summed E-state index contributed by atoms with van der Waals surface area (Å²) in [5.74, 6) is -0.509. The smallest absolute Gasteiger partial charge is 0.132 e. The number of phenolic OH excluding ortho intramolecular Hbond substituents is 1. The Hall–Kier alpha value is -0.610. The van der Waals surface area contributed by atoms with Crippen LogP contribution in [0.2, 0.25) is 0 Å². The van der Waals surface area contributed by atoms with Crippen LogP contribution in [-0.4, -0.2) is 18.3 Å². The van der Waals surface area contributed by atoms with Crippen LogP contribution >= 0.6 is 15.9 Å². The summed E-state index contributed by atoms with van der Waals surface area (Å²) in [6.45, 7) is 0. The first kappa shape index (κ1) is 11.5. The lowest BCUT2D eigenvalue weighted by Gasteiger charge is -1.93. The minimum Gasteiger partial charge on any atom is -0.507 e. The molecule has 0 bridgehead atoms. The molecule has 1 aromatic rings. The van der Waals surface area contributed by atoms with Crippen molar-refractivity contribution in [2.24, 2.45) is 0 Å². The summed E-state index contributed by atoms with van der Waals surface area (Å²) in [6.07, 6.45) is 3.21. The van der Waals surface area contributed by atoms with Gasteiger partial charge in [-0.1, -0.05) is 0 Å². The van der Waals surface area contributed by atoms with Crippen molar-refractivity contribution >= 4 is 15.9 Å². The van der Waals surface area contributed by atoms with E-state index in [2.05, 4.69) is 15.9 Å². The average Bonchev–Trinajstić information content (AvgIpc) is 2.96. The number of aromatic hydroxyl groups is 1. The monoisotopic (exact) mass is 262 g/mol. The van der Waals surface area contributed by atoms with E-state index in [1.807, 2.05) is 0 Å². The van der Waals surface area contributed by atoms with E-state index in [0.717, 1.165) is 6.07 Å². The third-order valence-electron chi connectivity index (χ3n) is 1.77. The second kappa shape index (κ2) is 5.32. The van der Waals surface area contributed by atoms with Crippen LogP contribution in [0.25, 0.3) is 0 Å². The van der Waals surface area contributed by atoms with Crippen molar-refractivity contribution in [3.8, 4) is 5.75 Å². The molecule has 1 aromatic carbocycles. The van der Waals surface area contributed by atoms with E-state index in [0.29, 0.717) is 10.6 Å². The van der Waals surface area contributed by atoms with Crippen molar-refractivity contribution in [3.63, 3.8) is 0 Å². The predicted molar refractivity (Wildman–Crippen MR) is 55.8 cm³/mol. The van der Waals surface area contributed by atoms with Gasteiger partial charge in [-0.15, -0.1) is 0 Å². The molecule has 2 nitrogen and oxygen atoms in total. The molecule has 78 valence electrons. The molecule has 2 rings (SSSR count). The van der Waals surface area contributed by atoms with Gasteiger partial charge in [0.2, 0.25) is 0 Å². The highest BCUT2D eigenvalue weighted by molar-refractivity contribution is 9.10. The first-order chi connectivity index (χ1) is 6.63. The lowest BCUT2D eigenvalue weighted by atomic mass is 10.3. The van der Waals surface area contributed by atoms with Gasteiger partial charge in [0.05, 0.1) is 10.6 Å². The second-order valence-electron chi connectivity index (χ2n) is 3.03. The van der Waals surface area contributed by atoms with Crippen molar-refractivity contribution in [2.75, 3.05) is 7.11 Å². The Morgan fingerprint density at radius 2 is 2.14 bits per heavy atom. The van der Waals surface area contributed by atoms with Crippen LogP contribution in [0.4, 0.5) is 4.39 Å². The van der Waals surface area contributed by atoms with Gasteiger partial charge >= 0.3 is 0 Å². The zero-order valence-corrected chi connectivity index (χ0v) is 9.42. The number of ether oxygens (including phenoxy) is 1. The second-order valence-corrected chi connectivity index (χ2v) is 3.89. The lowest BCUT2D eigenvalue weighted by Crippen LogP contribution is -1.79. The Morgan fingerprint density at radius 1 is 1.50 bits per heavy atom. The maximum atomic E-state index is 12.2. The molecule has 0 heterocycles. The van der Waals surface area contributed by atoms with Crippen LogP contribution in [0, 0.1) is 5.82 Å². The quantitative estimate of drug-likeness (QED) is 0.843. The van der Waals surface area contributed by atoms with Crippen LogP contribution in [0.1, 0.15) is 12.8 Å². The number of halogens is 2. The normalized spacial score (nSPS) is 14.5. The fourth-order valence-corrected chi connectivity index (χ4v) is 1.04. The van der Waals surface area contributed by atoms with Crippen molar-refractivity contribution < 1.29 is 14.2 Å². The molecule has 1 N–H and O–H groups in total. The molecule has 0 spiro atoms. The van der Waals surface area contributed by atoms with E-state index in [4.69, 9.17) is 9.84 Å². The first-order valence-electron chi connectivity index (χ1n) is 4.30. The number of hydrogen-bond acceptors (Lipinski definition) is 2. The highest BCUT2D eigenvalue weighted by Gasteiger charge is 2.19. The summed E-state index contributed by atoms with van der Waals surface area (Å²) < 4.78 is 17.5. The van der Waals surface area contributed by atoms with Crippen LogP contribution < -0.4 is 0 Å². The summed E-state index contributed by atoms with van der Waals surface area (Å²) in [5.41, 5.74) is 0. The Morgan fingerprint density at radius 3 is 2.43 bits per heavy atom. The molecule has 0 amide bonds. The molecule has 0 saturated heterocycles. The molecule has 14 heavy (non-hydrogen) atoms. The largest absolute Gasteiger partial charge is 0.507 e. The molecule has 1 saturated carbocycles. The zero-order chi connectivity index (χ0) is 10.6. The van der Waals surface area contributed by atoms with Gasteiger partial charge in [0.15, 0.2) is 0 Å². The van der Waals surface area contributed by atoms with E-state index in [-0.39, 0.29) is 5.75 Å². The van der Waals surface area contributed by atoms with E-state index in [9.17, 15) is 4.39 Å². The van der Waals surface area contributed by atoms with Crippen LogP contribution in [0.3, 0.4) is 0 Å². The molecule has 1 aliphatic carbocycles. The molecule has 1 fully saturated rings. The van der Waals surface area contributed by atoms with Gasteiger partial charge in [-0.2, -0.15) is 0 Å². The molecule has 4 heteroatoms. The molecular weight excluding hydrogens is 251 g/mol. The van der Waals surface area contributed by atoms with Crippen LogP contribution in [0.15, 0.2) is 22.7 Å². The lowest BCUT2D eigenvalue weighted by molar-refractivity contribution is 0.183. The maximum Gasteiger partial charge on any atom is 0.132 e. The topological polar surface area (TPSA) is 29.5 Å². The van der Waals surface area contributed by atoms with Crippen LogP contribution in [0.5, 0.6) is 5.75 Å². The molecule has 0 radical (unpaired) electrons. The Bertz CT molecular complexity index is 300. The number of phenols is 1. The zero-order valence-electron chi connectivity index (χ0n) is 7.84. The molecule has 0 atom stereocenters. The summed E-state index contributed by atoms with van der Waals surface area (Å²) in [6, 6.07) is 3.76. The summed E-state index contributed by atoms with van der Waals surface area (Å²) in [5, 5.41) is 8.81. The highest BCUT2D eigenvalue weighted by Crippen LogP contribution is 2.23. The van der Waals surface area contributed by atoms with Gasteiger partial charge in [0.25, 0.3) is 0 Å². The standard InChI is InChI=1S/C6H4BrFO.C4H8O/c7-5-2-1-4(8)3-6(5)9;1-5-4-2-3-4/h1-3,9H;4H,2-3H2,1H3.